The van der Waals surface area contributed by atoms with Gasteiger partial charge < -0.3 is 10.1 Å². The van der Waals surface area contributed by atoms with Gasteiger partial charge in [0, 0.05) is 16.6 Å². The van der Waals surface area contributed by atoms with E-state index < -0.39 is 0 Å². The minimum atomic E-state index is -0.133. The van der Waals surface area contributed by atoms with Crippen molar-refractivity contribution < 1.29 is 9.53 Å². The zero-order valence-electron chi connectivity index (χ0n) is 13.6. The van der Waals surface area contributed by atoms with Crippen LogP contribution in [0.2, 0.25) is 0 Å². The van der Waals surface area contributed by atoms with Crippen LogP contribution in [0.4, 0.5) is 5.69 Å². The fraction of sp³-hybridized carbons (Fsp3) is 0.158. The lowest BCUT2D eigenvalue weighted by atomic mass is 10.1. The number of aromatic nitrogens is 1. The van der Waals surface area contributed by atoms with Crippen molar-refractivity contribution >= 4 is 22.9 Å². The molecule has 0 atom stereocenters. The fourth-order valence-corrected chi connectivity index (χ4v) is 2.96. The van der Waals surface area contributed by atoms with E-state index in [1.807, 2.05) is 31.4 Å². The largest absolute Gasteiger partial charge is 0.487 e. The molecule has 0 saturated carbocycles. The molecule has 4 nitrogen and oxygen atoms in total. The summed E-state index contributed by atoms with van der Waals surface area (Å²) in [6, 6.07) is 13.1. The Morgan fingerprint density at radius 2 is 1.83 bits per heavy atom. The molecule has 2 aromatic carbocycles. The van der Waals surface area contributed by atoms with Crippen molar-refractivity contribution in [2.75, 3.05) is 5.32 Å². The zero-order valence-corrected chi connectivity index (χ0v) is 14.4. The van der Waals surface area contributed by atoms with Gasteiger partial charge in [0.2, 0.25) is 0 Å². The monoisotopic (exact) mass is 338 g/mol. The van der Waals surface area contributed by atoms with E-state index in [4.69, 9.17) is 4.74 Å². The highest BCUT2D eigenvalue weighted by Crippen LogP contribution is 2.17. The molecule has 1 aromatic heterocycles. The molecule has 3 aromatic rings. The number of anilines is 1. The first-order chi connectivity index (χ1) is 11.6. The number of carbonyl (C=O) groups is 1. The summed E-state index contributed by atoms with van der Waals surface area (Å²) < 4.78 is 5.65. The van der Waals surface area contributed by atoms with E-state index in [0.717, 1.165) is 22.5 Å². The predicted octanol–water partition coefficient (Wildman–Crippen LogP) is 4.59. The first-order valence-corrected chi connectivity index (χ1v) is 8.54. The summed E-state index contributed by atoms with van der Waals surface area (Å²) >= 11 is 1.54. The van der Waals surface area contributed by atoms with Crippen molar-refractivity contribution in [3.63, 3.8) is 0 Å². The quantitative estimate of drug-likeness (QED) is 0.740. The first kappa shape index (κ1) is 16.2. The van der Waals surface area contributed by atoms with Gasteiger partial charge in [-0.15, -0.1) is 11.3 Å². The van der Waals surface area contributed by atoms with Crippen molar-refractivity contribution in [3.8, 4) is 5.75 Å². The molecule has 0 fully saturated rings. The molecule has 3 rings (SSSR count). The summed E-state index contributed by atoms with van der Waals surface area (Å²) in [5, 5.41) is 4.88. The summed E-state index contributed by atoms with van der Waals surface area (Å²) in [4.78, 5) is 16.5. The van der Waals surface area contributed by atoms with Crippen LogP contribution >= 0.6 is 11.3 Å². The maximum Gasteiger partial charge on any atom is 0.255 e. The zero-order chi connectivity index (χ0) is 16.9. The van der Waals surface area contributed by atoms with Gasteiger partial charge in [-0.05, 0) is 61.4 Å². The number of carbonyl (C=O) groups excluding carboxylic acids is 1. The summed E-state index contributed by atoms with van der Waals surface area (Å²) in [6.07, 6.45) is 0. The molecule has 122 valence electrons. The molecule has 0 aliphatic carbocycles. The molecule has 0 aliphatic heterocycles. The number of hydrogen-bond acceptors (Lipinski definition) is 4. The number of benzene rings is 2. The van der Waals surface area contributed by atoms with Crippen molar-refractivity contribution in [3.05, 3.63) is 75.7 Å². The fourth-order valence-electron chi connectivity index (χ4n) is 2.42. The van der Waals surface area contributed by atoms with Gasteiger partial charge in [-0.2, -0.15) is 0 Å². The summed E-state index contributed by atoms with van der Waals surface area (Å²) in [5.41, 5.74) is 6.32. The van der Waals surface area contributed by atoms with E-state index in [0.29, 0.717) is 17.9 Å². The number of amides is 1. The van der Waals surface area contributed by atoms with Crippen LogP contribution in [-0.4, -0.2) is 10.9 Å². The summed E-state index contributed by atoms with van der Waals surface area (Å²) in [6.45, 7) is 4.45. The smallest absolute Gasteiger partial charge is 0.255 e. The number of nitrogens with one attached hydrogen (secondary N) is 1. The minimum absolute atomic E-state index is 0.133. The Morgan fingerprint density at radius 3 is 2.46 bits per heavy atom. The molecule has 0 saturated heterocycles. The third-order valence-corrected chi connectivity index (χ3v) is 4.10. The Bertz CT molecular complexity index is 807. The van der Waals surface area contributed by atoms with Crippen LogP contribution < -0.4 is 10.1 Å². The second-order valence-electron chi connectivity index (χ2n) is 5.62. The molecule has 0 aliphatic rings. The second kappa shape index (κ2) is 7.27. The van der Waals surface area contributed by atoms with Gasteiger partial charge in [0.05, 0.1) is 11.2 Å². The SMILES string of the molecule is Cc1cc(C)cc(NC(=O)c2ccc(OCc3cscn3)cc2)c1. The Hall–Kier alpha value is -2.66. The maximum absolute atomic E-state index is 12.3. The number of rotatable bonds is 5. The average Bonchev–Trinajstić information content (AvgIpc) is 3.06. The number of nitrogens with zero attached hydrogens (tertiary/aromatic N) is 1. The molecule has 5 heteroatoms. The van der Waals surface area contributed by atoms with Crippen molar-refractivity contribution in [1.82, 2.24) is 4.98 Å². The van der Waals surface area contributed by atoms with Crippen molar-refractivity contribution in [2.45, 2.75) is 20.5 Å². The Labute approximate surface area is 145 Å². The number of thiazole rings is 1. The first-order valence-electron chi connectivity index (χ1n) is 7.60. The van der Waals surface area contributed by atoms with Gasteiger partial charge in [-0.3, -0.25) is 4.79 Å². The number of ether oxygens (including phenoxy) is 1. The summed E-state index contributed by atoms with van der Waals surface area (Å²) in [5.74, 6) is 0.581. The lowest BCUT2D eigenvalue weighted by Crippen LogP contribution is -2.12. The van der Waals surface area contributed by atoms with Crippen LogP contribution in [0.15, 0.2) is 53.4 Å². The Morgan fingerprint density at radius 1 is 1.12 bits per heavy atom. The molecule has 0 bridgehead atoms. The molecule has 0 radical (unpaired) electrons. The lowest BCUT2D eigenvalue weighted by Gasteiger charge is -2.09. The third-order valence-electron chi connectivity index (χ3n) is 3.47. The molecule has 1 N–H and O–H groups in total. The highest BCUT2D eigenvalue weighted by atomic mass is 32.1. The Balaban J connectivity index is 1.63. The summed E-state index contributed by atoms with van der Waals surface area (Å²) in [7, 11) is 0. The highest BCUT2D eigenvalue weighted by Gasteiger charge is 2.07. The van der Waals surface area contributed by atoms with Crippen LogP contribution in [0, 0.1) is 13.8 Å². The highest BCUT2D eigenvalue weighted by molar-refractivity contribution is 7.07. The molecular weight excluding hydrogens is 320 g/mol. The number of aryl methyl sites for hydroxylation is 2. The molecular formula is C19H18N2O2S. The Kier molecular flexibility index (Phi) is 4.91. The van der Waals surface area contributed by atoms with Gasteiger partial charge in [-0.1, -0.05) is 6.07 Å². The molecule has 0 unspecified atom stereocenters. The van der Waals surface area contributed by atoms with Crippen LogP contribution in [0.3, 0.4) is 0 Å². The van der Waals surface area contributed by atoms with E-state index in [1.54, 1.807) is 29.8 Å². The minimum Gasteiger partial charge on any atom is -0.487 e. The molecule has 1 heterocycles. The third kappa shape index (κ3) is 4.20. The van der Waals surface area contributed by atoms with Gasteiger partial charge in [-0.25, -0.2) is 4.98 Å². The topological polar surface area (TPSA) is 51.2 Å². The normalized spacial score (nSPS) is 10.4. The second-order valence-corrected chi connectivity index (χ2v) is 6.34. The van der Waals surface area contributed by atoms with E-state index in [2.05, 4.69) is 16.4 Å². The molecule has 0 spiro atoms. The van der Waals surface area contributed by atoms with Gasteiger partial charge in [0.15, 0.2) is 0 Å². The molecule has 1 amide bonds. The predicted molar refractivity (Wildman–Crippen MR) is 96.8 cm³/mol. The van der Waals surface area contributed by atoms with E-state index in [9.17, 15) is 4.79 Å². The van der Waals surface area contributed by atoms with Crippen LogP contribution in [-0.2, 0) is 6.61 Å². The average molecular weight is 338 g/mol. The van der Waals surface area contributed by atoms with Crippen LogP contribution in [0.25, 0.3) is 0 Å². The van der Waals surface area contributed by atoms with Gasteiger partial charge >= 0.3 is 0 Å². The van der Waals surface area contributed by atoms with Gasteiger partial charge in [0.1, 0.15) is 12.4 Å². The van der Waals surface area contributed by atoms with Crippen LogP contribution in [0.5, 0.6) is 5.75 Å². The number of hydrogen-bond donors (Lipinski definition) is 1. The molecule has 24 heavy (non-hydrogen) atoms. The van der Waals surface area contributed by atoms with Gasteiger partial charge in [0.25, 0.3) is 5.91 Å². The van der Waals surface area contributed by atoms with Crippen molar-refractivity contribution in [1.29, 1.82) is 0 Å². The maximum atomic E-state index is 12.3. The van der Waals surface area contributed by atoms with Crippen LogP contribution in [0.1, 0.15) is 27.2 Å². The lowest BCUT2D eigenvalue weighted by molar-refractivity contribution is 0.102. The standard InChI is InChI=1S/C19H18N2O2S/c1-13-7-14(2)9-16(8-13)21-19(22)15-3-5-18(6-4-15)23-10-17-11-24-12-20-17/h3-9,11-12H,10H2,1-2H3,(H,21,22). The van der Waals surface area contributed by atoms with Crippen molar-refractivity contribution in [2.24, 2.45) is 0 Å². The van der Waals surface area contributed by atoms with E-state index >= 15 is 0 Å². The van der Waals surface area contributed by atoms with E-state index in [-0.39, 0.29) is 5.91 Å². The van der Waals surface area contributed by atoms with E-state index in [1.165, 1.54) is 11.3 Å².